The van der Waals surface area contributed by atoms with Crippen molar-refractivity contribution >= 4 is 44.8 Å². The molecule has 3 nitrogen and oxygen atoms in total. The maximum Gasteiger partial charge on any atom is 0.230 e. The molecule has 1 N–H and O–H groups in total. The highest BCUT2D eigenvalue weighted by atomic mass is 35.5. The molecule has 2 aromatic heterocycles. The van der Waals surface area contributed by atoms with Gasteiger partial charge in [0.05, 0.1) is 0 Å². The maximum atomic E-state index is 6.16. The fourth-order valence-electron chi connectivity index (χ4n) is 1.87. The Kier molecular flexibility index (Phi) is 3.12. The average Bonchev–Trinajstić information content (AvgIpc) is 2.82. The average molecular weight is 290 g/mol. The fourth-order valence-corrected chi connectivity index (χ4v) is 2.92. The predicted octanol–water partition coefficient (Wildman–Crippen LogP) is 4.71. The van der Waals surface area contributed by atoms with Gasteiger partial charge in [-0.2, -0.15) is 0 Å². The van der Waals surface area contributed by atoms with E-state index in [1.54, 1.807) is 11.3 Å². The van der Waals surface area contributed by atoms with Crippen molar-refractivity contribution in [1.29, 1.82) is 0 Å². The summed E-state index contributed by atoms with van der Waals surface area (Å²) >= 11 is 7.71. The van der Waals surface area contributed by atoms with Gasteiger partial charge < -0.3 is 5.32 Å². The lowest BCUT2D eigenvalue weighted by Gasteiger charge is -2.09. The first-order chi connectivity index (χ1) is 9.13. The Morgan fingerprint density at radius 1 is 1.16 bits per heavy atom. The third kappa shape index (κ3) is 2.41. The molecule has 3 rings (SSSR count). The number of halogens is 1. The topological polar surface area (TPSA) is 37.8 Å². The molecule has 0 aliphatic heterocycles. The van der Waals surface area contributed by atoms with Crippen molar-refractivity contribution in [3.63, 3.8) is 0 Å². The van der Waals surface area contributed by atoms with Crippen LogP contribution in [0.5, 0.6) is 0 Å². The molecule has 3 aromatic rings. The summed E-state index contributed by atoms with van der Waals surface area (Å²) in [6, 6.07) is 8.16. The van der Waals surface area contributed by atoms with E-state index in [1.807, 2.05) is 18.4 Å². The van der Waals surface area contributed by atoms with Crippen molar-refractivity contribution in [3.05, 3.63) is 45.9 Å². The van der Waals surface area contributed by atoms with Gasteiger partial charge in [-0.25, -0.2) is 9.97 Å². The Bertz CT molecular complexity index is 752. The third-order valence-electron chi connectivity index (χ3n) is 2.92. The molecule has 0 bridgehead atoms. The molecule has 0 saturated carbocycles. The van der Waals surface area contributed by atoms with Crippen LogP contribution in [0.1, 0.15) is 11.1 Å². The molecule has 0 spiro atoms. The second-order valence-electron chi connectivity index (χ2n) is 4.42. The Morgan fingerprint density at radius 2 is 2.00 bits per heavy atom. The van der Waals surface area contributed by atoms with Gasteiger partial charge >= 0.3 is 0 Å². The number of aryl methyl sites for hydroxylation is 2. The molecule has 0 amide bonds. The number of rotatable bonds is 2. The molecule has 1 aromatic carbocycles. The lowest BCUT2D eigenvalue weighted by Crippen LogP contribution is -1.99. The number of fused-ring (bicyclic) bond motifs is 1. The van der Waals surface area contributed by atoms with E-state index in [0.717, 1.165) is 21.5 Å². The number of thiophene rings is 1. The van der Waals surface area contributed by atoms with E-state index >= 15 is 0 Å². The smallest absolute Gasteiger partial charge is 0.230 e. The molecule has 96 valence electrons. The van der Waals surface area contributed by atoms with E-state index < -0.39 is 0 Å². The van der Waals surface area contributed by atoms with Crippen LogP contribution in [0.3, 0.4) is 0 Å². The van der Waals surface area contributed by atoms with Gasteiger partial charge in [-0.3, -0.25) is 0 Å². The Balaban J connectivity index is 2.03. The zero-order valence-corrected chi connectivity index (χ0v) is 12.1. The number of hydrogen-bond acceptors (Lipinski definition) is 4. The van der Waals surface area contributed by atoms with Crippen LogP contribution < -0.4 is 5.32 Å². The molecule has 0 fully saturated rings. The van der Waals surface area contributed by atoms with E-state index in [1.165, 1.54) is 5.56 Å². The third-order valence-corrected chi connectivity index (χ3v) is 4.01. The van der Waals surface area contributed by atoms with E-state index in [0.29, 0.717) is 11.1 Å². The molecule has 2 heterocycles. The van der Waals surface area contributed by atoms with Crippen LogP contribution in [0.25, 0.3) is 10.2 Å². The molecule has 0 radical (unpaired) electrons. The zero-order chi connectivity index (χ0) is 13.4. The van der Waals surface area contributed by atoms with Crippen LogP contribution in [0, 0.1) is 13.8 Å². The number of nitrogens with zero attached hydrogens (tertiary/aromatic N) is 2. The van der Waals surface area contributed by atoms with Gasteiger partial charge in [0, 0.05) is 11.1 Å². The molecule has 0 aliphatic rings. The highest BCUT2D eigenvalue weighted by Gasteiger charge is 2.08. The number of benzene rings is 1. The van der Waals surface area contributed by atoms with Crippen molar-refractivity contribution in [2.75, 3.05) is 5.32 Å². The minimum atomic E-state index is 0.485. The van der Waals surface area contributed by atoms with E-state index in [4.69, 9.17) is 11.6 Å². The first-order valence-corrected chi connectivity index (χ1v) is 7.14. The Labute approximate surface area is 120 Å². The van der Waals surface area contributed by atoms with Crippen LogP contribution in [-0.2, 0) is 0 Å². The van der Waals surface area contributed by atoms with Crippen LogP contribution >= 0.6 is 22.9 Å². The monoisotopic (exact) mass is 289 g/mol. The van der Waals surface area contributed by atoms with Crippen molar-refractivity contribution in [2.45, 2.75) is 13.8 Å². The maximum absolute atomic E-state index is 6.16. The standard InChI is InChI=1S/C14H12ClN3S/c1-8-3-4-9(2)11(7-8)16-14-17-12(15)10-5-6-19-13(10)18-14/h3-7H,1-2H3,(H,16,17,18). The van der Waals surface area contributed by atoms with E-state index in [-0.39, 0.29) is 0 Å². The largest absolute Gasteiger partial charge is 0.324 e. The highest BCUT2D eigenvalue weighted by molar-refractivity contribution is 7.16. The summed E-state index contributed by atoms with van der Waals surface area (Å²) in [5, 5.41) is 6.59. The van der Waals surface area contributed by atoms with E-state index in [9.17, 15) is 0 Å². The summed E-state index contributed by atoms with van der Waals surface area (Å²) in [4.78, 5) is 9.66. The number of nitrogens with one attached hydrogen (secondary N) is 1. The second-order valence-corrected chi connectivity index (χ2v) is 5.67. The van der Waals surface area contributed by atoms with Crippen LogP contribution in [0.4, 0.5) is 11.6 Å². The number of aromatic nitrogens is 2. The van der Waals surface area contributed by atoms with E-state index in [2.05, 4.69) is 40.4 Å². The van der Waals surface area contributed by atoms with Crippen LogP contribution in [0.2, 0.25) is 5.15 Å². The minimum Gasteiger partial charge on any atom is -0.324 e. The SMILES string of the molecule is Cc1ccc(C)c(Nc2nc(Cl)c3ccsc3n2)c1. The molecular weight excluding hydrogens is 278 g/mol. The molecule has 0 atom stereocenters. The summed E-state index contributed by atoms with van der Waals surface area (Å²) in [6.07, 6.45) is 0. The first-order valence-electron chi connectivity index (χ1n) is 5.88. The Morgan fingerprint density at radius 3 is 2.84 bits per heavy atom. The molecular formula is C14H12ClN3S. The first kappa shape index (κ1) is 12.4. The van der Waals surface area contributed by atoms with Crippen molar-refractivity contribution in [3.8, 4) is 0 Å². The molecule has 0 saturated heterocycles. The predicted molar refractivity (Wildman–Crippen MR) is 81.6 cm³/mol. The van der Waals surface area contributed by atoms with Crippen LogP contribution in [-0.4, -0.2) is 9.97 Å². The summed E-state index contributed by atoms with van der Waals surface area (Å²) in [5.41, 5.74) is 3.35. The van der Waals surface area contributed by atoms with Crippen molar-refractivity contribution < 1.29 is 0 Å². The van der Waals surface area contributed by atoms with Gasteiger partial charge in [-0.1, -0.05) is 23.7 Å². The van der Waals surface area contributed by atoms with Gasteiger partial charge in [0.2, 0.25) is 5.95 Å². The second kappa shape index (κ2) is 4.79. The van der Waals surface area contributed by atoms with Gasteiger partial charge in [0.1, 0.15) is 9.98 Å². The normalized spacial score (nSPS) is 10.9. The summed E-state index contributed by atoms with van der Waals surface area (Å²) in [5.74, 6) is 0.536. The number of anilines is 2. The summed E-state index contributed by atoms with van der Waals surface area (Å²) in [6.45, 7) is 4.11. The minimum absolute atomic E-state index is 0.485. The van der Waals surface area contributed by atoms with Gasteiger partial charge in [-0.15, -0.1) is 11.3 Å². The quantitative estimate of drug-likeness (QED) is 0.695. The highest BCUT2D eigenvalue weighted by Crippen LogP contribution is 2.28. The zero-order valence-electron chi connectivity index (χ0n) is 10.6. The lowest BCUT2D eigenvalue weighted by molar-refractivity contribution is 1.21. The van der Waals surface area contributed by atoms with Gasteiger partial charge in [0.25, 0.3) is 0 Å². The molecule has 5 heteroatoms. The summed E-state index contributed by atoms with van der Waals surface area (Å²) < 4.78 is 0. The van der Waals surface area contributed by atoms with Crippen molar-refractivity contribution in [1.82, 2.24) is 9.97 Å². The molecule has 0 aliphatic carbocycles. The summed E-state index contributed by atoms with van der Waals surface area (Å²) in [7, 11) is 0. The lowest BCUT2D eigenvalue weighted by atomic mass is 10.1. The molecule has 0 unspecified atom stereocenters. The fraction of sp³-hybridized carbons (Fsp3) is 0.143. The van der Waals surface area contributed by atoms with Gasteiger partial charge in [0.15, 0.2) is 0 Å². The Hall–Kier alpha value is -1.65. The van der Waals surface area contributed by atoms with Gasteiger partial charge in [-0.05, 0) is 42.5 Å². The number of hydrogen-bond donors (Lipinski definition) is 1. The molecule has 19 heavy (non-hydrogen) atoms. The van der Waals surface area contributed by atoms with Crippen LogP contribution in [0.15, 0.2) is 29.6 Å². The van der Waals surface area contributed by atoms with Crippen molar-refractivity contribution in [2.24, 2.45) is 0 Å².